The van der Waals surface area contributed by atoms with Crippen LogP contribution < -0.4 is 9.47 Å². The predicted molar refractivity (Wildman–Crippen MR) is 110 cm³/mol. The molecule has 6 nitrogen and oxygen atoms in total. The van der Waals surface area contributed by atoms with Crippen LogP contribution in [-0.4, -0.2) is 65.7 Å². The van der Waals surface area contributed by atoms with E-state index in [1.165, 1.54) is 0 Å². The molecule has 0 radical (unpaired) electrons. The first-order chi connectivity index (χ1) is 15.5. The minimum Gasteiger partial charge on any atom is -0.492 e. The third-order valence-corrected chi connectivity index (χ3v) is 4.84. The maximum absolute atomic E-state index is 12.8. The largest absolute Gasteiger partial charge is 0.492 e. The van der Waals surface area contributed by atoms with Gasteiger partial charge in [0.05, 0.1) is 12.9 Å². The van der Waals surface area contributed by atoms with E-state index in [2.05, 4.69) is 4.18 Å². The van der Waals surface area contributed by atoms with Crippen LogP contribution in [-0.2, 0) is 14.3 Å². The fourth-order valence-electron chi connectivity index (χ4n) is 2.82. The van der Waals surface area contributed by atoms with Gasteiger partial charge < -0.3 is 9.47 Å². The minimum atomic E-state index is -3.52. The molecule has 1 heterocycles. The summed E-state index contributed by atoms with van der Waals surface area (Å²) in [6, 6.07) is 5.77. The monoisotopic (exact) mass is 497 g/mol. The molecule has 0 saturated carbocycles. The lowest BCUT2D eigenvalue weighted by Gasteiger charge is -2.37. The lowest BCUT2D eigenvalue weighted by atomic mass is 10.0. The summed E-state index contributed by atoms with van der Waals surface area (Å²) in [4.78, 5) is 2.04. The summed E-state index contributed by atoms with van der Waals surface area (Å²) in [5.41, 5.74) is 0. The Bertz CT molecular complexity index is 962. The first-order valence-electron chi connectivity index (χ1n) is 9.84. The van der Waals surface area contributed by atoms with Crippen molar-refractivity contribution in [2.24, 2.45) is 5.92 Å². The number of hydrogen-bond acceptors (Lipinski definition) is 6. The third kappa shape index (κ3) is 10.8. The van der Waals surface area contributed by atoms with Crippen molar-refractivity contribution in [1.29, 1.82) is 0 Å². The van der Waals surface area contributed by atoms with Crippen molar-refractivity contribution >= 4 is 10.1 Å². The number of likely N-dealkylation sites (tertiary alicyclic amines) is 1. The number of benzene rings is 2. The van der Waals surface area contributed by atoms with Crippen LogP contribution in [0.5, 0.6) is 11.5 Å². The highest BCUT2D eigenvalue weighted by molar-refractivity contribution is 7.85. The molecule has 0 atom stereocenters. The van der Waals surface area contributed by atoms with Gasteiger partial charge in [-0.25, -0.2) is 17.6 Å². The van der Waals surface area contributed by atoms with E-state index in [4.69, 9.17) is 9.47 Å². The van der Waals surface area contributed by atoms with E-state index >= 15 is 0 Å². The Balaban J connectivity index is 0.000000234. The molecule has 2 aromatic rings. The summed E-state index contributed by atoms with van der Waals surface area (Å²) >= 11 is 0. The minimum absolute atomic E-state index is 0.0189. The van der Waals surface area contributed by atoms with Crippen molar-refractivity contribution in [2.75, 3.05) is 52.4 Å². The van der Waals surface area contributed by atoms with E-state index in [0.29, 0.717) is 19.2 Å². The summed E-state index contributed by atoms with van der Waals surface area (Å²) in [5, 5.41) is 0. The number of rotatable bonds is 10. The van der Waals surface area contributed by atoms with Crippen LogP contribution in [0.4, 0.5) is 22.0 Å². The van der Waals surface area contributed by atoms with Gasteiger partial charge in [-0.3, -0.25) is 13.5 Å². The summed E-state index contributed by atoms with van der Waals surface area (Å²) in [7, 11) is -3.52. The third-order valence-electron chi connectivity index (χ3n) is 4.25. The van der Waals surface area contributed by atoms with Crippen molar-refractivity contribution in [3.8, 4) is 11.5 Å². The number of alkyl halides is 1. The highest BCUT2D eigenvalue weighted by atomic mass is 32.2. The Kier molecular flexibility index (Phi) is 10.3. The van der Waals surface area contributed by atoms with E-state index in [1.54, 1.807) is 0 Å². The molecule has 2 aromatic carbocycles. The zero-order chi connectivity index (χ0) is 24.4. The topological polar surface area (TPSA) is 65.1 Å². The van der Waals surface area contributed by atoms with E-state index in [-0.39, 0.29) is 37.3 Å². The van der Waals surface area contributed by atoms with Crippen molar-refractivity contribution in [3.05, 3.63) is 59.7 Å². The molecule has 0 bridgehead atoms. The second-order valence-corrected chi connectivity index (χ2v) is 8.86. The number of hydrogen-bond donors (Lipinski definition) is 0. The molecule has 0 N–H and O–H groups in total. The van der Waals surface area contributed by atoms with Gasteiger partial charge >= 0.3 is 0 Å². The average molecular weight is 497 g/mol. The molecule has 0 spiro atoms. The van der Waals surface area contributed by atoms with Crippen molar-refractivity contribution < 1.29 is 44.0 Å². The zero-order valence-electron chi connectivity index (χ0n) is 17.8. The summed E-state index contributed by atoms with van der Waals surface area (Å²) in [6.07, 6.45) is 0.898. The van der Waals surface area contributed by atoms with E-state index < -0.39 is 33.4 Å². The standard InChI is InChI=1S/C12H14F3NO.C9H10F2O4S/c13-6-9-7-16(8-9)1-2-17-12-4-10(14)3-11(15)5-12;1-16(12,13)15-3-2-14-9-5-7(10)4-8(11)6-9/h3-5,9H,1-2,6-8H2;4-6H,2-3H2,1H3. The van der Waals surface area contributed by atoms with Crippen LogP contribution in [0.3, 0.4) is 0 Å². The predicted octanol–water partition coefficient (Wildman–Crippen LogP) is 3.56. The van der Waals surface area contributed by atoms with Crippen LogP contribution in [0, 0.1) is 29.2 Å². The molecule has 0 aromatic heterocycles. The molecule has 0 unspecified atom stereocenters. The Morgan fingerprint density at radius 2 is 1.27 bits per heavy atom. The fraction of sp³-hybridized carbons (Fsp3) is 0.429. The van der Waals surface area contributed by atoms with Gasteiger partial charge in [-0.1, -0.05) is 0 Å². The maximum Gasteiger partial charge on any atom is 0.264 e. The van der Waals surface area contributed by atoms with Crippen LogP contribution in [0.2, 0.25) is 0 Å². The van der Waals surface area contributed by atoms with Gasteiger partial charge in [0.15, 0.2) is 0 Å². The summed E-state index contributed by atoms with van der Waals surface area (Å²) in [6.45, 7) is 1.85. The smallest absolute Gasteiger partial charge is 0.264 e. The molecule has 3 rings (SSSR count). The van der Waals surface area contributed by atoms with Gasteiger partial charge in [0.2, 0.25) is 0 Å². The van der Waals surface area contributed by atoms with E-state index in [0.717, 1.165) is 49.7 Å². The highest BCUT2D eigenvalue weighted by Gasteiger charge is 2.25. The molecule has 0 amide bonds. The molecular weight excluding hydrogens is 473 g/mol. The number of halogens is 5. The molecule has 1 saturated heterocycles. The average Bonchev–Trinajstić information content (AvgIpc) is 2.65. The van der Waals surface area contributed by atoms with Crippen LogP contribution in [0.1, 0.15) is 0 Å². The Hall–Kier alpha value is -2.44. The van der Waals surface area contributed by atoms with Crippen LogP contribution in [0.15, 0.2) is 36.4 Å². The highest BCUT2D eigenvalue weighted by Crippen LogP contribution is 2.18. The lowest BCUT2D eigenvalue weighted by Crippen LogP contribution is -2.49. The van der Waals surface area contributed by atoms with Gasteiger partial charge in [0.1, 0.15) is 54.6 Å². The van der Waals surface area contributed by atoms with Gasteiger partial charge in [0.25, 0.3) is 10.1 Å². The molecular formula is C21H24F5NO5S. The zero-order valence-corrected chi connectivity index (χ0v) is 18.6. The quantitative estimate of drug-likeness (QED) is 0.284. The maximum atomic E-state index is 12.8. The summed E-state index contributed by atoms with van der Waals surface area (Å²) < 4.78 is 98.7. The second-order valence-electron chi connectivity index (χ2n) is 7.21. The molecule has 184 valence electrons. The Morgan fingerprint density at radius 1 is 0.818 bits per heavy atom. The normalized spacial score (nSPS) is 14.2. The second kappa shape index (κ2) is 12.7. The van der Waals surface area contributed by atoms with Gasteiger partial charge in [-0.2, -0.15) is 8.42 Å². The summed E-state index contributed by atoms with van der Waals surface area (Å²) in [5.74, 6) is -2.53. The van der Waals surface area contributed by atoms with E-state index in [9.17, 15) is 30.4 Å². The Labute approximate surface area is 189 Å². The van der Waals surface area contributed by atoms with Crippen molar-refractivity contribution in [2.45, 2.75) is 0 Å². The Morgan fingerprint density at radius 3 is 1.70 bits per heavy atom. The van der Waals surface area contributed by atoms with Crippen molar-refractivity contribution in [1.82, 2.24) is 4.90 Å². The van der Waals surface area contributed by atoms with Gasteiger partial charge in [0, 0.05) is 62.0 Å². The number of ether oxygens (including phenoxy) is 2. The molecule has 1 fully saturated rings. The molecule has 1 aliphatic heterocycles. The molecule has 1 aliphatic rings. The van der Waals surface area contributed by atoms with E-state index in [1.807, 2.05) is 4.90 Å². The first kappa shape index (κ1) is 26.8. The molecule has 0 aliphatic carbocycles. The SMILES string of the molecule is CS(=O)(=O)OCCOc1cc(F)cc(F)c1.FCC1CN(CCOc2cc(F)cc(F)c2)C1. The number of nitrogens with zero attached hydrogens (tertiary/aromatic N) is 1. The molecule has 33 heavy (non-hydrogen) atoms. The van der Waals surface area contributed by atoms with Gasteiger partial charge in [-0.15, -0.1) is 0 Å². The molecule has 12 heteroatoms. The van der Waals surface area contributed by atoms with Crippen LogP contribution >= 0.6 is 0 Å². The lowest BCUT2D eigenvalue weighted by molar-refractivity contribution is 0.0667. The first-order valence-corrected chi connectivity index (χ1v) is 11.7. The van der Waals surface area contributed by atoms with Gasteiger partial charge in [-0.05, 0) is 0 Å². The van der Waals surface area contributed by atoms with Crippen LogP contribution in [0.25, 0.3) is 0 Å². The fourth-order valence-corrected chi connectivity index (χ4v) is 3.19. The van der Waals surface area contributed by atoms with Crippen molar-refractivity contribution in [3.63, 3.8) is 0 Å².